The molecule has 1 saturated carbocycles. The van der Waals surface area contributed by atoms with Crippen LogP contribution in [0.25, 0.3) is 0 Å². The smallest absolute Gasteiger partial charge is 0.0809 e. The number of nitrogens with one attached hydrogen (secondary N) is 1. The van der Waals surface area contributed by atoms with Crippen molar-refractivity contribution in [1.82, 2.24) is 5.32 Å². The zero-order valence-electron chi connectivity index (χ0n) is 12.4. The minimum Gasteiger partial charge on any atom is -0.374 e. The molecule has 2 nitrogen and oxygen atoms in total. The van der Waals surface area contributed by atoms with Crippen LogP contribution in [-0.2, 0) is 4.74 Å². The second-order valence-corrected chi connectivity index (χ2v) is 6.84. The van der Waals surface area contributed by atoms with Gasteiger partial charge in [-0.2, -0.15) is 0 Å². The minimum absolute atomic E-state index is 0.0982. The summed E-state index contributed by atoms with van der Waals surface area (Å²) in [6.45, 7) is 13.1. The molecule has 1 N–H and O–H groups in total. The van der Waals surface area contributed by atoms with Crippen molar-refractivity contribution in [3.05, 3.63) is 0 Å². The maximum absolute atomic E-state index is 6.22. The van der Waals surface area contributed by atoms with E-state index in [0.717, 1.165) is 25.5 Å². The van der Waals surface area contributed by atoms with Crippen molar-refractivity contribution < 1.29 is 4.74 Å². The average Bonchev–Trinajstić information content (AvgIpc) is 2.23. The first-order valence-electron chi connectivity index (χ1n) is 7.26. The van der Waals surface area contributed by atoms with Gasteiger partial charge in [-0.25, -0.2) is 0 Å². The van der Waals surface area contributed by atoms with Crippen molar-refractivity contribution in [2.24, 2.45) is 5.92 Å². The summed E-state index contributed by atoms with van der Waals surface area (Å²) in [5, 5.41) is 3.64. The third kappa shape index (κ3) is 5.39. The second-order valence-electron chi connectivity index (χ2n) is 6.84. The molecule has 1 fully saturated rings. The molecular formula is C15H31NO. The SMILES string of the molecule is CCCOC1(CNC(C)(C)C)CCCC(C)C1. The highest BCUT2D eigenvalue weighted by Crippen LogP contribution is 2.35. The fourth-order valence-electron chi connectivity index (χ4n) is 2.70. The molecule has 1 aliphatic rings. The predicted octanol–water partition coefficient (Wildman–Crippen LogP) is 3.75. The lowest BCUT2D eigenvalue weighted by atomic mass is 9.78. The van der Waals surface area contributed by atoms with E-state index in [-0.39, 0.29) is 11.1 Å². The van der Waals surface area contributed by atoms with E-state index in [1.165, 1.54) is 25.7 Å². The van der Waals surface area contributed by atoms with Gasteiger partial charge in [-0.15, -0.1) is 0 Å². The van der Waals surface area contributed by atoms with Crippen molar-refractivity contribution in [1.29, 1.82) is 0 Å². The summed E-state index contributed by atoms with van der Waals surface area (Å²) in [6, 6.07) is 0. The first-order chi connectivity index (χ1) is 7.87. The van der Waals surface area contributed by atoms with Gasteiger partial charge in [0.2, 0.25) is 0 Å². The average molecular weight is 241 g/mol. The van der Waals surface area contributed by atoms with Crippen LogP contribution in [-0.4, -0.2) is 24.3 Å². The molecule has 0 radical (unpaired) electrons. The van der Waals surface area contributed by atoms with Gasteiger partial charge < -0.3 is 10.1 Å². The molecule has 1 rings (SSSR count). The molecule has 0 bridgehead atoms. The third-order valence-electron chi connectivity index (χ3n) is 3.60. The summed E-state index contributed by atoms with van der Waals surface area (Å²) in [6.07, 6.45) is 6.24. The lowest BCUT2D eigenvalue weighted by Crippen LogP contribution is -2.51. The van der Waals surface area contributed by atoms with Gasteiger partial charge in [-0.3, -0.25) is 0 Å². The summed E-state index contributed by atoms with van der Waals surface area (Å²) in [7, 11) is 0. The topological polar surface area (TPSA) is 21.3 Å². The molecule has 0 aromatic carbocycles. The van der Waals surface area contributed by atoms with Crippen LogP contribution in [0.1, 0.15) is 66.7 Å². The summed E-state index contributed by atoms with van der Waals surface area (Å²) < 4.78 is 6.22. The minimum atomic E-state index is 0.0982. The molecule has 0 spiro atoms. The molecule has 0 aromatic rings. The van der Waals surface area contributed by atoms with Crippen molar-refractivity contribution in [2.75, 3.05) is 13.2 Å². The molecule has 2 atom stereocenters. The van der Waals surface area contributed by atoms with E-state index in [2.05, 4.69) is 39.9 Å². The summed E-state index contributed by atoms with van der Waals surface area (Å²) in [5.41, 5.74) is 0.282. The summed E-state index contributed by atoms with van der Waals surface area (Å²) in [4.78, 5) is 0. The Balaban J connectivity index is 2.58. The Morgan fingerprint density at radius 3 is 2.59 bits per heavy atom. The van der Waals surface area contributed by atoms with Gasteiger partial charge in [-0.05, 0) is 46.0 Å². The molecular weight excluding hydrogens is 210 g/mol. The van der Waals surface area contributed by atoms with Gasteiger partial charge in [0.15, 0.2) is 0 Å². The maximum atomic E-state index is 6.22. The monoisotopic (exact) mass is 241 g/mol. The Bertz CT molecular complexity index is 221. The molecule has 2 heteroatoms. The van der Waals surface area contributed by atoms with Gasteiger partial charge in [0, 0.05) is 18.7 Å². The molecule has 2 unspecified atom stereocenters. The maximum Gasteiger partial charge on any atom is 0.0809 e. The number of rotatable bonds is 5. The van der Waals surface area contributed by atoms with E-state index in [1.807, 2.05) is 0 Å². The van der Waals surface area contributed by atoms with Crippen LogP contribution >= 0.6 is 0 Å². The Morgan fingerprint density at radius 2 is 2.06 bits per heavy atom. The van der Waals surface area contributed by atoms with Gasteiger partial charge in [0.25, 0.3) is 0 Å². The summed E-state index contributed by atoms with van der Waals surface area (Å²) >= 11 is 0. The normalized spacial score (nSPS) is 30.5. The molecule has 102 valence electrons. The quantitative estimate of drug-likeness (QED) is 0.791. The molecule has 17 heavy (non-hydrogen) atoms. The largest absolute Gasteiger partial charge is 0.374 e. The van der Waals surface area contributed by atoms with Gasteiger partial charge in [-0.1, -0.05) is 26.7 Å². The van der Waals surface area contributed by atoms with Crippen molar-refractivity contribution in [2.45, 2.75) is 77.9 Å². The van der Waals surface area contributed by atoms with Gasteiger partial charge in [0.1, 0.15) is 0 Å². The molecule has 1 aliphatic carbocycles. The first kappa shape index (κ1) is 15.0. The van der Waals surface area contributed by atoms with Crippen LogP contribution in [0.2, 0.25) is 0 Å². The number of hydrogen-bond donors (Lipinski definition) is 1. The molecule has 0 aromatic heterocycles. The lowest BCUT2D eigenvalue weighted by molar-refractivity contribution is -0.0817. The summed E-state index contributed by atoms with van der Waals surface area (Å²) in [5.74, 6) is 0.808. The Hall–Kier alpha value is -0.0800. The fourth-order valence-corrected chi connectivity index (χ4v) is 2.70. The van der Waals surface area contributed by atoms with Crippen LogP contribution in [0.15, 0.2) is 0 Å². The zero-order valence-corrected chi connectivity index (χ0v) is 12.4. The number of hydrogen-bond acceptors (Lipinski definition) is 2. The van der Waals surface area contributed by atoms with E-state index < -0.39 is 0 Å². The third-order valence-corrected chi connectivity index (χ3v) is 3.60. The first-order valence-corrected chi connectivity index (χ1v) is 7.26. The predicted molar refractivity (Wildman–Crippen MR) is 74.4 cm³/mol. The lowest BCUT2D eigenvalue weighted by Gasteiger charge is -2.42. The molecule has 0 amide bonds. The van der Waals surface area contributed by atoms with E-state index in [9.17, 15) is 0 Å². The molecule has 0 saturated heterocycles. The van der Waals surface area contributed by atoms with E-state index in [1.54, 1.807) is 0 Å². The van der Waals surface area contributed by atoms with Crippen LogP contribution < -0.4 is 5.32 Å². The van der Waals surface area contributed by atoms with Crippen LogP contribution in [0, 0.1) is 5.92 Å². The fraction of sp³-hybridized carbons (Fsp3) is 1.00. The van der Waals surface area contributed by atoms with Crippen LogP contribution in [0.4, 0.5) is 0 Å². The van der Waals surface area contributed by atoms with Crippen molar-refractivity contribution >= 4 is 0 Å². The van der Waals surface area contributed by atoms with Crippen LogP contribution in [0.3, 0.4) is 0 Å². The van der Waals surface area contributed by atoms with Crippen LogP contribution in [0.5, 0.6) is 0 Å². The number of ether oxygens (including phenoxy) is 1. The van der Waals surface area contributed by atoms with E-state index in [0.29, 0.717) is 0 Å². The van der Waals surface area contributed by atoms with Crippen molar-refractivity contribution in [3.8, 4) is 0 Å². The molecule has 0 heterocycles. The Labute approximate surface area is 108 Å². The highest BCUT2D eigenvalue weighted by molar-refractivity contribution is 4.91. The van der Waals surface area contributed by atoms with Gasteiger partial charge in [0.05, 0.1) is 5.60 Å². The molecule has 0 aliphatic heterocycles. The van der Waals surface area contributed by atoms with E-state index in [4.69, 9.17) is 4.74 Å². The highest BCUT2D eigenvalue weighted by atomic mass is 16.5. The zero-order chi connectivity index (χ0) is 12.9. The second kappa shape index (κ2) is 6.19. The highest BCUT2D eigenvalue weighted by Gasteiger charge is 2.36. The van der Waals surface area contributed by atoms with Crippen molar-refractivity contribution in [3.63, 3.8) is 0 Å². The Kier molecular flexibility index (Phi) is 5.46. The Morgan fingerprint density at radius 1 is 1.35 bits per heavy atom. The standard InChI is InChI=1S/C15H31NO/c1-6-10-17-15(12-16-14(3,4)5)9-7-8-13(2)11-15/h13,16H,6-12H2,1-5H3. The van der Waals surface area contributed by atoms with Gasteiger partial charge >= 0.3 is 0 Å². The van der Waals surface area contributed by atoms with E-state index >= 15 is 0 Å².